The van der Waals surface area contributed by atoms with Gasteiger partial charge in [-0.1, -0.05) is 46.1 Å². The summed E-state index contributed by atoms with van der Waals surface area (Å²) in [6, 6.07) is 0. The standard InChI is InChI=1S/C12H22O2/c1-4-11(5-2)9-7-6-8-10(3)12(13)14/h11H,3-9H2,1-2H3,(H,13,14). The van der Waals surface area contributed by atoms with E-state index in [2.05, 4.69) is 20.4 Å². The first kappa shape index (κ1) is 13.2. The van der Waals surface area contributed by atoms with Crippen LogP contribution in [0.15, 0.2) is 12.2 Å². The highest BCUT2D eigenvalue weighted by atomic mass is 16.4. The number of carboxylic acids is 1. The molecule has 2 nitrogen and oxygen atoms in total. The van der Waals surface area contributed by atoms with E-state index in [-0.39, 0.29) is 0 Å². The van der Waals surface area contributed by atoms with Gasteiger partial charge in [-0.2, -0.15) is 0 Å². The maximum atomic E-state index is 10.4. The Hall–Kier alpha value is -0.790. The summed E-state index contributed by atoms with van der Waals surface area (Å²) in [5.41, 5.74) is 0.342. The van der Waals surface area contributed by atoms with Gasteiger partial charge in [0, 0.05) is 5.57 Å². The first-order chi connectivity index (χ1) is 6.61. The van der Waals surface area contributed by atoms with Gasteiger partial charge in [-0.25, -0.2) is 4.79 Å². The van der Waals surface area contributed by atoms with Crippen molar-refractivity contribution in [1.29, 1.82) is 0 Å². The van der Waals surface area contributed by atoms with E-state index in [1.165, 1.54) is 19.3 Å². The number of aliphatic carboxylic acids is 1. The molecule has 1 N–H and O–H groups in total. The lowest BCUT2D eigenvalue weighted by Crippen LogP contribution is -2.00. The Kier molecular flexibility index (Phi) is 7.17. The van der Waals surface area contributed by atoms with Gasteiger partial charge in [0.15, 0.2) is 0 Å². The van der Waals surface area contributed by atoms with E-state index in [1.807, 2.05) is 0 Å². The highest BCUT2D eigenvalue weighted by Crippen LogP contribution is 2.17. The van der Waals surface area contributed by atoms with Crippen LogP contribution in [0.1, 0.15) is 52.4 Å². The Morgan fingerprint density at radius 3 is 2.29 bits per heavy atom. The number of unbranched alkanes of at least 4 members (excludes halogenated alkanes) is 1. The van der Waals surface area contributed by atoms with Crippen molar-refractivity contribution in [3.63, 3.8) is 0 Å². The Balaban J connectivity index is 3.46. The summed E-state index contributed by atoms with van der Waals surface area (Å²) < 4.78 is 0. The highest BCUT2D eigenvalue weighted by molar-refractivity contribution is 5.85. The molecular formula is C12H22O2. The minimum absolute atomic E-state index is 0.342. The molecule has 0 rings (SSSR count). The van der Waals surface area contributed by atoms with E-state index in [0.717, 1.165) is 18.8 Å². The van der Waals surface area contributed by atoms with Gasteiger partial charge < -0.3 is 5.11 Å². The average molecular weight is 198 g/mol. The third kappa shape index (κ3) is 5.79. The Bertz CT molecular complexity index is 181. The monoisotopic (exact) mass is 198 g/mol. The lowest BCUT2D eigenvalue weighted by Gasteiger charge is -2.11. The van der Waals surface area contributed by atoms with Crippen molar-refractivity contribution < 1.29 is 9.90 Å². The predicted octanol–water partition coefficient (Wildman–Crippen LogP) is 3.62. The summed E-state index contributed by atoms with van der Waals surface area (Å²) in [7, 11) is 0. The van der Waals surface area contributed by atoms with E-state index in [4.69, 9.17) is 5.11 Å². The summed E-state index contributed by atoms with van der Waals surface area (Å²) in [6.07, 6.45) is 6.41. The van der Waals surface area contributed by atoms with Crippen LogP contribution in [0, 0.1) is 5.92 Å². The second-order valence-electron chi connectivity index (χ2n) is 3.84. The number of carbonyl (C=O) groups is 1. The molecule has 0 bridgehead atoms. The van der Waals surface area contributed by atoms with Crippen molar-refractivity contribution >= 4 is 5.97 Å². The van der Waals surface area contributed by atoms with Crippen LogP contribution >= 0.6 is 0 Å². The van der Waals surface area contributed by atoms with Crippen LogP contribution in [0.5, 0.6) is 0 Å². The van der Waals surface area contributed by atoms with Crippen LogP contribution in [0.25, 0.3) is 0 Å². The van der Waals surface area contributed by atoms with Crippen LogP contribution in [0.3, 0.4) is 0 Å². The van der Waals surface area contributed by atoms with Crippen LogP contribution in [0.4, 0.5) is 0 Å². The fraction of sp³-hybridized carbons (Fsp3) is 0.750. The van der Waals surface area contributed by atoms with Crippen LogP contribution in [-0.4, -0.2) is 11.1 Å². The molecule has 0 aliphatic carbocycles. The van der Waals surface area contributed by atoms with Crippen molar-refractivity contribution in [1.82, 2.24) is 0 Å². The summed E-state index contributed by atoms with van der Waals surface area (Å²) in [5.74, 6) is -0.0411. The van der Waals surface area contributed by atoms with Gasteiger partial charge in [-0.05, 0) is 18.8 Å². The molecule has 0 saturated heterocycles. The zero-order valence-corrected chi connectivity index (χ0v) is 9.38. The molecule has 0 aliphatic heterocycles. The third-order valence-corrected chi connectivity index (χ3v) is 2.80. The summed E-state index contributed by atoms with van der Waals surface area (Å²) in [6.45, 7) is 7.94. The summed E-state index contributed by atoms with van der Waals surface area (Å²) in [5, 5.41) is 8.58. The normalized spacial score (nSPS) is 10.5. The molecule has 0 radical (unpaired) electrons. The third-order valence-electron chi connectivity index (χ3n) is 2.80. The molecular weight excluding hydrogens is 176 g/mol. The second-order valence-corrected chi connectivity index (χ2v) is 3.84. The van der Waals surface area contributed by atoms with Gasteiger partial charge in [-0.3, -0.25) is 0 Å². The van der Waals surface area contributed by atoms with E-state index in [9.17, 15) is 4.79 Å². The number of rotatable bonds is 8. The molecule has 0 aromatic heterocycles. The average Bonchev–Trinajstić information content (AvgIpc) is 2.17. The fourth-order valence-corrected chi connectivity index (χ4v) is 1.58. The molecule has 0 aliphatic rings. The maximum absolute atomic E-state index is 10.4. The summed E-state index contributed by atoms with van der Waals surface area (Å²) >= 11 is 0. The quantitative estimate of drug-likeness (QED) is 0.477. The van der Waals surface area contributed by atoms with Crippen molar-refractivity contribution in [2.75, 3.05) is 0 Å². The van der Waals surface area contributed by atoms with E-state index in [0.29, 0.717) is 12.0 Å². The zero-order valence-electron chi connectivity index (χ0n) is 9.38. The lowest BCUT2D eigenvalue weighted by molar-refractivity contribution is -0.132. The lowest BCUT2D eigenvalue weighted by atomic mass is 9.95. The molecule has 0 amide bonds. The number of carboxylic acid groups (broad SMARTS) is 1. The van der Waals surface area contributed by atoms with Gasteiger partial charge in [-0.15, -0.1) is 0 Å². The molecule has 0 fully saturated rings. The van der Waals surface area contributed by atoms with Crippen molar-refractivity contribution in [3.05, 3.63) is 12.2 Å². The first-order valence-corrected chi connectivity index (χ1v) is 5.52. The molecule has 0 heterocycles. The maximum Gasteiger partial charge on any atom is 0.330 e. The smallest absolute Gasteiger partial charge is 0.330 e. The molecule has 82 valence electrons. The molecule has 0 aromatic carbocycles. The molecule has 0 aromatic rings. The number of hydrogen-bond donors (Lipinski definition) is 1. The second kappa shape index (κ2) is 7.60. The van der Waals surface area contributed by atoms with E-state index < -0.39 is 5.97 Å². The van der Waals surface area contributed by atoms with Crippen LogP contribution in [0.2, 0.25) is 0 Å². The predicted molar refractivity (Wildman–Crippen MR) is 59.3 cm³/mol. The van der Waals surface area contributed by atoms with Crippen LogP contribution < -0.4 is 0 Å². The molecule has 0 unspecified atom stereocenters. The Labute approximate surface area is 87.0 Å². The summed E-state index contributed by atoms with van der Waals surface area (Å²) in [4.78, 5) is 10.4. The van der Waals surface area contributed by atoms with Gasteiger partial charge in [0.2, 0.25) is 0 Å². The van der Waals surface area contributed by atoms with Gasteiger partial charge in [0.25, 0.3) is 0 Å². The van der Waals surface area contributed by atoms with Crippen molar-refractivity contribution in [2.45, 2.75) is 52.4 Å². The van der Waals surface area contributed by atoms with Gasteiger partial charge >= 0.3 is 5.97 Å². The zero-order chi connectivity index (χ0) is 11.0. The van der Waals surface area contributed by atoms with Crippen molar-refractivity contribution in [2.24, 2.45) is 5.92 Å². The molecule has 14 heavy (non-hydrogen) atoms. The fourth-order valence-electron chi connectivity index (χ4n) is 1.58. The number of hydrogen-bond acceptors (Lipinski definition) is 1. The molecule has 0 saturated carbocycles. The largest absolute Gasteiger partial charge is 0.478 e. The van der Waals surface area contributed by atoms with Gasteiger partial charge in [0.05, 0.1) is 0 Å². The Morgan fingerprint density at radius 2 is 1.86 bits per heavy atom. The molecule has 0 spiro atoms. The SMILES string of the molecule is C=C(CCCCC(CC)CC)C(=O)O. The minimum atomic E-state index is -0.854. The van der Waals surface area contributed by atoms with Crippen molar-refractivity contribution in [3.8, 4) is 0 Å². The van der Waals surface area contributed by atoms with Gasteiger partial charge in [0.1, 0.15) is 0 Å². The van der Waals surface area contributed by atoms with E-state index >= 15 is 0 Å². The first-order valence-electron chi connectivity index (χ1n) is 5.52. The highest BCUT2D eigenvalue weighted by Gasteiger charge is 2.05. The van der Waals surface area contributed by atoms with Crippen LogP contribution in [-0.2, 0) is 4.79 Å². The minimum Gasteiger partial charge on any atom is -0.478 e. The topological polar surface area (TPSA) is 37.3 Å². The van der Waals surface area contributed by atoms with E-state index in [1.54, 1.807) is 0 Å². The Morgan fingerprint density at radius 1 is 1.29 bits per heavy atom. The molecule has 0 atom stereocenters. The molecule has 2 heteroatoms.